The highest BCUT2D eigenvalue weighted by atomic mass is 16.5. The lowest BCUT2D eigenvalue weighted by Gasteiger charge is -2.28. The van der Waals surface area contributed by atoms with E-state index in [1.165, 1.54) is 6.92 Å². The van der Waals surface area contributed by atoms with E-state index in [0.29, 0.717) is 6.61 Å². The lowest BCUT2D eigenvalue weighted by Crippen LogP contribution is -2.43. The van der Waals surface area contributed by atoms with Crippen molar-refractivity contribution in [1.82, 2.24) is 4.90 Å². The maximum absolute atomic E-state index is 10.7. The maximum Gasteiger partial charge on any atom is 0.202 e. The summed E-state index contributed by atoms with van der Waals surface area (Å²) in [5, 5.41) is 0. The third-order valence-electron chi connectivity index (χ3n) is 2.33. The largest absolute Gasteiger partial charge is 0.378 e. The summed E-state index contributed by atoms with van der Waals surface area (Å²) in [5.74, 6) is 5.50. The molecule has 0 spiro atoms. The van der Waals surface area contributed by atoms with Gasteiger partial charge in [-0.1, -0.05) is 5.92 Å². The Hall–Kier alpha value is -0.850. The van der Waals surface area contributed by atoms with E-state index < -0.39 is 0 Å². The van der Waals surface area contributed by atoms with Crippen LogP contribution >= 0.6 is 0 Å². The van der Waals surface area contributed by atoms with Crippen LogP contribution < -0.4 is 0 Å². The van der Waals surface area contributed by atoms with Gasteiger partial charge in [0, 0.05) is 20.0 Å². The Kier molecular flexibility index (Phi) is 3.07. The van der Waals surface area contributed by atoms with E-state index in [2.05, 4.69) is 11.8 Å². The minimum absolute atomic E-state index is 0.0897. The fourth-order valence-corrected chi connectivity index (χ4v) is 1.32. The highest BCUT2D eigenvalue weighted by Gasteiger charge is 2.35. The zero-order valence-corrected chi connectivity index (χ0v) is 8.39. The SMILES string of the molecule is CC(=O)C#CC1(N(C)C)CCOC1. The van der Waals surface area contributed by atoms with Crippen LogP contribution in [0, 0.1) is 11.8 Å². The van der Waals surface area contributed by atoms with Gasteiger partial charge in [-0.2, -0.15) is 0 Å². The average Bonchev–Trinajstić information content (AvgIpc) is 2.50. The maximum atomic E-state index is 10.7. The number of likely N-dealkylation sites (N-methyl/N-ethyl adjacent to an activating group) is 1. The van der Waals surface area contributed by atoms with Crippen LogP contribution in [0.4, 0.5) is 0 Å². The first-order valence-corrected chi connectivity index (χ1v) is 4.36. The van der Waals surface area contributed by atoms with Gasteiger partial charge in [-0.15, -0.1) is 0 Å². The van der Waals surface area contributed by atoms with E-state index in [1.807, 2.05) is 19.0 Å². The van der Waals surface area contributed by atoms with E-state index in [-0.39, 0.29) is 11.3 Å². The molecule has 0 aromatic carbocycles. The summed E-state index contributed by atoms with van der Waals surface area (Å²) in [6.07, 6.45) is 0.875. The van der Waals surface area contributed by atoms with Gasteiger partial charge in [0.2, 0.25) is 5.78 Å². The second-order valence-corrected chi connectivity index (χ2v) is 3.53. The molecule has 0 amide bonds. The third-order valence-corrected chi connectivity index (χ3v) is 2.33. The minimum Gasteiger partial charge on any atom is -0.378 e. The predicted octanol–water partition coefficient (Wildman–Crippen LogP) is 0.299. The van der Waals surface area contributed by atoms with E-state index in [0.717, 1.165) is 13.0 Å². The fraction of sp³-hybridized carbons (Fsp3) is 0.700. The Morgan fingerprint density at radius 1 is 1.54 bits per heavy atom. The van der Waals surface area contributed by atoms with Gasteiger partial charge in [0.05, 0.1) is 6.61 Å². The monoisotopic (exact) mass is 181 g/mol. The molecule has 0 saturated carbocycles. The van der Waals surface area contributed by atoms with Crippen LogP contribution in [0.15, 0.2) is 0 Å². The molecule has 0 aromatic heterocycles. The summed E-state index contributed by atoms with van der Waals surface area (Å²) in [6.45, 7) is 2.80. The molecule has 0 aliphatic carbocycles. The summed E-state index contributed by atoms with van der Waals surface area (Å²) in [4.78, 5) is 12.8. The van der Waals surface area contributed by atoms with Crippen molar-refractivity contribution < 1.29 is 9.53 Å². The van der Waals surface area contributed by atoms with Gasteiger partial charge in [-0.05, 0) is 20.0 Å². The summed E-state index contributed by atoms with van der Waals surface area (Å²) >= 11 is 0. The van der Waals surface area contributed by atoms with Gasteiger partial charge in [0.25, 0.3) is 0 Å². The Labute approximate surface area is 79.1 Å². The predicted molar refractivity (Wildman–Crippen MR) is 50.3 cm³/mol. The number of carbonyl (C=O) groups excluding carboxylic acids is 1. The first-order chi connectivity index (χ1) is 6.07. The molecule has 1 fully saturated rings. The number of nitrogens with zero attached hydrogens (tertiary/aromatic N) is 1. The zero-order valence-electron chi connectivity index (χ0n) is 8.39. The quantitative estimate of drug-likeness (QED) is 0.430. The van der Waals surface area contributed by atoms with Crippen LogP contribution in [0.2, 0.25) is 0 Å². The smallest absolute Gasteiger partial charge is 0.202 e. The van der Waals surface area contributed by atoms with E-state index >= 15 is 0 Å². The normalized spacial score (nSPS) is 27.1. The number of carbonyl (C=O) groups is 1. The molecular weight excluding hydrogens is 166 g/mol. The molecule has 1 atom stereocenters. The Morgan fingerprint density at radius 2 is 2.23 bits per heavy atom. The highest BCUT2D eigenvalue weighted by molar-refractivity contribution is 5.93. The molecule has 0 aromatic rings. The van der Waals surface area contributed by atoms with Crippen molar-refractivity contribution in [3.8, 4) is 11.8 Å². The van der Waals surface area contributed by atoms with Crippen molar-refractivity contribution in [1.29, 1.82) is 0 Å². The molecule has 1 aliphatic heterocycles. The molecule has 1 heterocycles. The summed E-state index contributed by atoms with van der Waals surface area (Å²) in [5.41, 5.74) is -0.244. The van der Waals surface area contributed by atoms with Gasteiger partial charge >= 0.3 is 0 Å². The van der Waals surface area contributed by atoms with Crippen molar-refractivity contribution in [2.45, 2.75) is 18.9 Å². The molecule has 0 N–H and O–H groups in total. The molecular formula is C10H15NO2. The molecule has 0 radical (unpaired) electrons. The fourth-order valence-electron chi connectivity index (χ4n) is 1.32. The van der Waals surface area contributed by atoms with Crippen LogP contribution in [-0.2, 0) is 9.53 Å². The Balaban J connectivity index is 2.81. The molecule has 13 heavy (non-hydrogen) atoms. The van der Waals surface area contributed by atoms with Crippen LogP contribution in [0.1, 0.15) is 13.3 Å². The van der Waals surface area contributed by atoms with E-state index in [9.17, 15) is 4.79 Å². The van der Waals surface area contributed by atoms with Crippen molar-refractivity contribution in [2.24, 2.45) is 0 Å². The van der Waals surface area contributed by atoms with Crippen LogP contribution in [0.3, 0.4) is 0 Å². The summed E-state index contributed by atoms with van der Waals surface area (Å²) in [7, 11) is 3.92. The Bertz CT molecular complexity index is 254. The first kappa shape index (κ1) is 10.2. The molecule has 1 rings (SSSR count). The standard InChI is InChI=1S/C10H15NO2/c1-9(12)4-5-10(11(2)3)6-7-13-8-10/h6-8H2,1-3H3. The van der Waals surface area contributed by atoms with Gasteiger partial charge in [-0.25, -0.2) is 0 Å². The molecule has 3 nitrogen and oxygen atoms in total. The van der Waals surface area contributed by atoms with Crippen molar-refractivity contribution >= 4 is 5.78 Å². The molecule has 1 aliphatic rings. The lowest BCUT2D eigenvalue weighted by atomic mass is 9.98. The third kappa shape index (κ3) is 2.30. The van der Waals surface area contributed by atoms with Crippen molar-refractivity contribution in [3.63, 3.8) is 0 Å². The van der Waals surface area contributed by atoms with Gasteiger partial charge in [-0.3, -0.25) is 9.69 Å². The van der Waals surface area contributed by atoms with Crippen LogP contribution in [0.5, 0.6) is 0 Å². The number of ether oxygens (including phenoxy) is 1. The highest BCUT2D eigenvalue weighted by Crippen LogP contribution is 2.22. The molecule has 72 valence electrons. The molecule has 1 saturated heterocycles. The zero-order chi connectivity index (χ0) is 9.90. The lowest BCUT2D eigenvalue weighted by molar-refractivity contribution is -0.111. The summed E-state index contributed by atoms with van der Waals surface area (Å²) < 4.78 is 5.30. The Morgan fingerprint density at radius 3 is 2.62 bits per heavy atom. The van der Waals surface area contributed by atoms with Gasteiger partial charge < -0.3 is 4.74 Å². The van der Waals surface area contributed by atoms with E-state index in [4.69, 9.17) is 4.74 Å². The summed E-state index contributed by atoms with van der Waals surface area (Å²) in [6, 6.07) is 0. The molecule has 0 bridgehead atoms. The number of hydrogen-bond acceptors (Lipinski definition) is 3. The minimum atomic E-state index is -0.244. The topological polar surface area (TPSA) is 29.5 Å². The molecule has 3 heteroatoms. The number of rotatable bonds is 1. The first-order valence-electron chi connectivity index (χ1n) is 4.36. The van der Waals surface area contributed by atoms with E-state index in [1.54, 1.807) is 0 Å². The second kappa shape index (κ2) is 3.91. The van der Waals surface area contributed by atoms with Crippen LogP contribution in [-0.4, -0.2) is 43.5 Å². The number of ketones is 1. The van der Waals surface area contributed by atoms with Crippen molar-refractivity contribution in [3.05, 3.63) is 0 Å². The van der Waals surface area contributed by atoms with Gasteiger partial charge in [0.15, 0.2) is 0 Å². The van der Waals surface area contributed by atoms with Gasteiger partial charge in [0.1, 0.15) is 5.54 Å². The van der Waals surface area contributed by atoms with Crippen molar-refractivity contribution in [2.75, 3.05) is 27.3 Å². The second-order valence-electron chi connectivity index (χ2n) is 3.53. The number of hydrogen-bond donors (Lipinski definition) is 0. The average molecular weight is 181 g/mol. The number of Topliss-reactive ketones (excluding diaryl/α,β-unsaturated/α-hetero) is 1. The van der Waals surface area contributed by atoms with Crippen LogP contribution in [0.25, 0.3) is 0 Å². The molecule has 1 unspecified atom stereocenters.